The van der Waals surface area contributed by atoms with Crippen molar-refractivity contribution in [3.8, 4) is 5.75 Å². The number of rotatable bonds is 2. The highest BCUT2D eigenvalue weighted by molar-refractivity contribution is 7.17. The lowest BCUT2D eigenvalue weighted by Gasteiger charge is -1.98. The molecule has 0 atom stereocenters. The van der Waals surface area contributed by atoms with E-state index in [1.54, 1.807) is 29.1 Å². The van der Waals surface area contributed by atoms with Gasteiger partial charge in [0.1, 0.15) is 4.70 Å². The van der Waals surface area contributed by atoms with Gasteiger partial charge in [-0.3, -0.25) is 4.79 Å². The van der Waals surface area contributed by atoms with Gasteiger partial charge in [-0.1, -0.05) is 0 Å². The van der Waals surface area contributed by atoms with E-state index in [9.17, 15) is 9.90 Å². The summed E-state index contributed by atoms with van der Waals surface area (Å²) in [6.45, 7) is 0.412. The molecule has 3 heterocycles. The highest BCUT2D eigenvalue weighted by Crippen LogP contribution is 2.13. The van der Waals surface area contributed by atoms with Crippen LogP contribution in [0.3, 0.4) is 0 Å². The van der Waals surface area contributed by atoms with Crippen molar-refractivity contribution in [3.63, 3.8) is 0 Å². The number of aromatic amines is 1. The molecular weight excluding hydrogens is 250 g/mol. The van der Waals surface area contributed by atoms with Crippen molar-refractivity contribution < 1.29 is 9.67 Å². The fourth-order valence-electron chi connectivity index (χ4n) is 1.78. The van der Waals surface area contributed by atoms with Crippen molar-refractivity contribution in [2.75, 3.05) is 0 Å². The van der Waals surface area contributed by atoms with E-state index in [-0.39, 0.29) is 11.3 Å². The molecule has 0 saturated heterocycles. The van der Waals surface area contributed by atoms with Gasteiger partial charge in [-0.2, -0.15) is 4.57 Å². The maximum atomic E-state index is 11.8. The van der Waals surface area contributed by atoms with E-state index in [1.165, 1.54) is 11.3 Å². The number of hydrogen-bond acceptors (Lipinski definition) is 4. The monoisotopic (exact) mass is 260 g/mol. The third-order valence-corrected chi connectivity index (χ3v) is 3.44. The SMILES string of the molecule is O=c1[nH]c(C[n+]2cccc(O)c2)nc2ccsc12. The van der Waals surface area contributed by atoms with Crippen LogP contribution in [0, 0.1) is 0 Å². The summed E-state index contributed by atoms with van der Waals surface area (Å²) >= 11 is 1.38. The Kier molecular flexibility index (Phi) is 2.56. The van der Waals surface area contributed by atoms with Crippen LogP contribution in [0.1, 0.15) is 5.82 Å². The first kappa shape index (κ1) is 10.9. The molecule has 0 aliphatic carbocycles. The molecule has 0 aromatic carbocycles. The van der Waals surface area contributed by atoms with Crippen LogP contribution in [0.15, 0.2) is 40.8 Å². The summed E-state index contributed by atoms with van der Waals surface area (Å²) in [6, 6.07) is 5.15. The highest BCUT2D eigenvalue weighted by atomic mass is 32.1. The Balaban J connectivity index is 2.02. The lowest BCUT2D eigenvalue weighted by Crippen LogP contribution is -2.34. The second kappa shape index (κ2) is 4.23. The quantitative estimate of drug-likeness (QED) is 0.676. The Labute approximate surface area is 106 Å². The third-order valence-electron chi connectivity index (χ3n) is 2.54. The summed E-state index contributed by atoms with van der Waals surface area (Å²) in [7, 11) is 0. The van der Waals surface area contributed by atoms with Crippen LogP contribution >= 0.6 is 11.3 Å². The van der Waals surface area contributed by atoms with Gasteiger partial charge in [0, 0.05) is 6.07 Å². The van der Waals surface area contributed by atoms with E-state index in [2.05, 4.69) is 9.97 Å². The van der Waals surface area contributed by atoms with E-state index in [0.29, 0.717) is 22.6 Å². The normalized spacial score (nSPS) is 10.9. The standard InChI is InChI=1S/C12H9N3O2S/c16-8-2-1-4-15(6-8)7-10-13-9-3-5-18-11(9)12(17)14-10/h1-6H,7H2,(H-,13,14,16,17)/p+1. The molecule has 0 unspecified atom stereocenters. The average Bonchev–Trinajstić information content (AvgIpc) is 2.77. The predicted octanol–water partition coefficient (Wildman–Crippen LogP) is 1.03. The lowest BCUT2D eigenvalue weighted by atomic mass is 10.4. The first-order valence-electron chi connectivity index (χ1n) is 5.37. The molecule has 6 heteroatoms. The highest BCUT2D eigenvalue weighted by Gasteiger charge is 2.09. The van der Waals surface area contributed by atoms with E-state index >= 15 is 0 Å². The molecule has 3 aromatic heterocycles. The fraction of sp³-hybridized carbons (Fsp3) is 0.0833. The van der Waals surface area contributed by atoms with E-state index in [0.717, 1.165) is 0 Å². The van der Waals surface area contributed by atoms with Gasteiger partial charge < -0.3 is 10.1 Å². The van der Waals surface area contributed by atoms with Crippen molar-refractivity contribution in [2.45, 2.75) is 6.54 Å². The van der Waals surface area contributed by atoms with Crippen LogP contribution in [-0.2, 0) is 6.54 Å². The molecule has 5 nitrogen and oxygen atoms in total. The van der Waals surface area contributed by atoms with Crippen molar-refractivity contribution in [1.82, 2.24) is 9.97 Å². The summed E-state index contributed by atoms with van der Waals surface area (Å²) in [4.78, 5) is 18.9. The number of aromatic hydroxyl groups is 1. The molecule has 0 fully saturated rings. The number of aromatic nitrogens is 3. The van der Waals surface area contributed by atoms with Crippen molar-refractivity contribution in [1.29, 1.82) is 0 Å². The van der Waals surface area contributed by atoms with Gasteiger partial charge >= 0.3 is 0 Å². The molecule has 0 amide bonds. The molecule has 0 saturated carbocycles. The minimum absolute atomic E-state index is 0.120. The molecule has 0 aliphatic rings. The minimum atomic E-state index is -0.120. The van der Waals surface area contributed by atoms with Crippen LogP contribution in [0.4, 0.5) is 0 Å². The van der Waals surface area contributed by atoms with Crippen LogP contribution in [0.5, 0.6) is 5.75 Å². The Morgan fingerprint density at radius 3 is 3.17 bits per heavy atom. The Hall–Kier alpha value is -2.21. The smallest absolute Gasteiger partial charge is 0.269 e. The van der Waals surface area contributed by atoms with Crippen molar-refractivity contribution in [3.05, 3.63) is 52.2 Å². The zero-order valence-electron chi connectivity index (χ0n) is 9.33. The number of nitrogens with zero attached hydrogens (tertiary/aromatic N) is 2. The second-order valence-corrected chi connectivity index (χ2v) is 4.80. The van der Waals surface area contributed by atoms with Crippen molar-refractivity contribution in [2.24, 2.45) is 0 Å². The minimum Gasteiger partial charge on any atom is -0.503 e. The zero-order valence-corrected chi connectivity index (χ0v) is 10.1. The Bertz CT molecular complexity index is 763. The predicted molar refractivity (Wildman–Crippen MR) is 67.6 cm³/mol. The molecule has 90 valence electrons. The summed E-state index contributed by atoms with van der Waals surface area (Å²) in [6.07, 6.45) is 3.38. The summed E-state index contributed by atoms with van der Waals surface area (Å²) in [5, 5.41) is 11.2. The lowest BCUT2D eigenvalue weighted by molar-refractivity contribution is -0.689. The largest absolute Gasteiger partial charge is 0.503 e. The molecule has 0 aliphatic heterocycles. The zero-order chi connectivity index (χ0) is 12.5. The maximum Gasteiger partial charge on any atom is 0.269 e. The molecule has 0 spiro atoms. The van der Waals surface area contributed by atoms with Gasteiger partial charge in [0.2, 0.25) is 12.7 Å². The van der Waals surface area contributed by atoms with Crippen molar-refractivity contribution >= 4 is 21.6 Å². The Morgan fingerprint density at radius 1 is 1.44 bits per heavy atom. The molecular formula is C12H10N3O2S+. The van der Waals surface area contributed by atoms with Gasteiger partial charge in [-0.15, -0.1) is 11.3 Å². The number of fused-ring (bicyclic) bond motifs is 1. The number of H-pyrrole nitrogens is 1. The fourth-order valence-corrected chi connectivity index (χ4v) is 2.50. The van der Waals surface area contributed by atoms with Gasteiger partial charge in [0.05, 0.1) is 5.52 Å². The average molecular weight is 260 g/mol. The van der Waals surface area contributed by atoms with E-state index in [1.807, 2.05) is 11.4 Å². The van der Waals surface area contributed by atoms with Gasteiger partial charge in [0.15, 0.2) is 17.8 Å². The first-order valence-corrected chi connectivity index (χ1v) is 6.25. The van der Waals surface area contributed by atoms with Gasteiger partial charge in [-0.25, -0.2) is 4.98 Å². The van der Waals surface area contributed by atoms with E-state index in [4.69, 9.17) is 0 Å². The number of pyridine rings is 1. The molecule has 2 N–H and O–H groups in total. The summed E-state index contributed by atoms with van der Waals surface area (Å²) < 4.78 is 2.39. The molecule has 0 radical (unpaired) electrons. The number of hydrogen-bond donors (Lipinski definition) is 2. The molecule has 18 heavy (non-hydrogen) atoms. The Morgan fingerprint density at radius 2 is 2.33 bits per heavy atom. The summed E-state index contributed by atoms with van der Waals surface area (Å²) in [5.74, 6) is 0.748. The third kappa shape index (κ3) is 1.98. The second-order valence-electron chi connectivity index (χ2n) is 3.88. The number of nitrogens with one attached hydrogen (secondary N) is 1. The molecule has 3 aromatic rings. The van der Waals surface area contributed by atoms with Crippen LogP contribution in [-0.4, -0.2) is 15.1 Å². The molecule has 0 bridgehead atoms. The first-order chi connectivity index (χ1) is 8.72. The maximum absolute atomic E-state index is 11.8. The van der Waals surface area contributed by atoms with Crippen LogP contribution in [0.25, 0.3) is 10.2 Å². The topological polar surface area (TPSA) is 69.9 Å². The summed E-state index contributed by atoms with van der Waals surface area (Å²) in [5.41, 5.74) is 0.588. The van der Waals surface area contributed by atoms with Crippen LogP contribution < -0.4 is 10.1 Å². The van der Waals surface area contributed by atoms with E-state index < -0.39 is 0 Å². The van der Waals surface area contributed by atoms with Gasteiger partial charge in [0.25, 0.3) is 5.56 Å². The van der Waals surface area contributed by atoms with Crippen LogP contribution in [0.2, 0.25) is 0 Å². The number of thiophene rings is 1. The molecule has 3 rings (SSSR count). The van der Waals surface area contributed by atoms with Gasteiger partial charge in [-0.05, 0) is 17.5 Å².